The number of aliphatic hydroxyl groups is 4. The first-order valence-electron chi connectivity index (χ1n) is 18.2. The van der Waals surface area contributed by atoms with Crippen molar-refractivity contribution in [1.82, 2.24) is 0 Å². The van der Waals surface area contributed by atoms with Gasteiger partial charge < -0.3 is 34.6 Å². The summed E-state index contributed by atoms with van der Waals surface area (Å²) < 4.78 is 19.7. The molecule has 4 heterocycles. The van der Waals surface area contributed by atoms with E-state index in [-0.39, 0.29) is 66.7 Å². The van der Waals surface area contributed by atoms with E-state index in [1.165, 1.54) is 0 Å². The van der Waals surface area contributed by atoms with E-state index in [1.807, 2.05) is 31.2 Å². The number of carbonyl (C=O) groups is 1. The standard InChI is InChI=1S/C40H54O8/c1-24-28(21-41)35(48-33(24)22-42)36(44)39(4,45)34-14-17-40-30-20-32(43)31-19-27(12-15-37(31,2)29(30)13-16-38(34,40)3)46-23-26(11-8-18-47-40)25-9-6-5-7-10-25/h5-7,9-10,20,24,26-29,31,33-36,41-42,44-45H,12-19,21-23H2,1-4H3. The lowest BCUT2D eigenvalue weighted by atomic mass is 9.45. The highest BCUT2D eigenvalue weighted by atomic mass is 16.5. The Morgan fingerprint density at radius 2 is 1.81 bits per heavy atom. The summed E-state index contributed by atoms with van der Waals surface area (Å²) in [6.45, 7) is 8.28. The highest BCUT2D eigenvalue weighted by Gasteiger charge is 2.70. The van der Waals surface area contributed by atoms with Gasteiger partial charge in [0.2, 0.25) is 0 Å². The maximum absolute atomic E-state index is 14.2. The van der Waals surface area contributed by atoms with Gasteiger partial charge in [0.1, 0.15) is 12.7 Å². The second-order valence-corrected chi connectivity index (χ2v) is 16.5. The molecule has 0 radical (unpaired) electrons. The van der Waals surface area contributed by atoms with Crippen molar-refractivity contribution in [3.05, 3.63) is 47.5 Å². The summed E-state index contributed by atoms with van der Waals surface area (Å²) in [5.41, 5.74) is -1.12. The number of aliphatic hydroxyl groups excluding tert-OH is 3. The molecule has 3 saturated carbocycles. The first-order chi connectivity index (χ1) is 22.9. The maximum Gasteiger partial charge on any atom is 0.159 e. The van der Waals surface area contributed by atoms with Crippen LogP contribution in [-0.2, 0) is 19.0 Å². The molecular formula is C40H54O8. The molecule has 4 N–H and O–H groups in total. The number of allylic oxidation sites excluding steroid dienone is 1. The van der Waals surface area contributed by atoms with E-state index in [2.05, 4.69) is 37.8 Å². The van der Waals surface area contributed by atoms with Crippen molar-refractivity contribution < 1.29 is 39.4 Å². The third-order valence-corrected chi connectivity index (χ3v) is 14.4. The Labute approximate surface area is 285 Å². The molecule has 0 aromatic heterocycles. The van der Waals surface area contributed by atoms with Gasteiger partial charge in [-0.2, -0.15) is 0 Å². The molecule has 4 aliphatic carbocycles. The quantitative estimate of drug-likeness (QED) is 0.335. The minimum absolute atomic E-state index is 0.0122. The second-order valence-electron chi connectivity index (χ2n) is 16.5. The topological polar surface area (TPSA) is 126 Å². The van der Waals surface area contributed by atoms with Gasteiger partial charge in [0, 0.05) is 23.9 Å². The van der Waals surface area contributed by atoms with Gasteiger partial charge in [-0.25, -0.2) is 0 Å². The largest absolute Gasteiger partial charge is 0.396 e. The molecule has 14 atom stereocenters. The van der Waals surface area contributed by atoms with Crippen molar-refractivity contribution in [2.24, 2.45) is 40.4 Å². The highest BCUT2D eigenvalue weighted by Crippen LogP contribution is 2.70. The van der Waals surface area contributed by atoms with Crippen molar-refractivity contribution >= 4 is 5.78 Å². The van der Waals surface area contributed by atoms with Crippen molar-refractivity contribution in [1.29, 1.82) is 0 Å². The third kappa shape index (κ3) is 5.10. The SMILES string of the molecule is CC1C(CO)OC(C(O)C(C)(O)C2CCC34OCC#CC(c5ccccc5)COC5CCC6(C)C(C5)C(=O)C=C3C6CCC24C)C1CO. The van der Waals surface area contributed by atoms with Crippen LogP contribution in [0.25, 0.3) is 0 Å². The van der Waals surface area contributed by atoms with Gasteiger partial charge >= 0.3 is 0 Å². The highest BCUT2D eigenvalue weighted by molar-refractivity contribution is 5.95. The van der Waals surface area contributed by atoms with Crippen molar-refractivity contribution in [3.63, 3.8) is 0 Å². The smallest absolute Gasteiger partial charge is 0.159 e. The summed E-state index contributed by atoms with van der Waals surface area (Å²) in [7, 11) is 0. The van der Waals surface area contributed by atoms with E-state index < -0.39 is 40.8 Å². The van der Waals surface area contributed by atoms with E-state index >= 15 is 0 Å². The first-order valence-corrected chi connectivity index (χ1v) is 18.2. The fraction of sp³-hybridized carbons (Fsp3) is 0.725. The monoisotopic (exact) mass is 662 g/mol. The van der Waals surface area contributed by atoms with Crippen LogP contribution in [0, 0.1) is 52.3 Å². The van der Waals surface area contributed by atoms with Gasteiger partial charge in [-0.3, -0.25) is 4.79 Å². The van der Waals surface area contributed by atoms with Gasteiger partial charge in [-0.15, -0.1) is 0 Å². The van der Waals surface area contributed by atoms with Gasteiger partial charge in [0.25, 0.3) is 0 Å². The Balaban J connectivity index is 1.28. The molecule has 48 heavy (non-hydrogen) atoms. The van der Waals surface area contributed by atoms with Crippen LogP contribution in [0.2, 0.25) is 0 Å². The van der Waals surface area contributed by atoms with Crippen LogP contribution in [0.5, 0.6) is 0 Å². The van der Waals surface area contributed by atoms with Crippen LogP contribution in [0.4, 0.5) is 0 Å². The van der Waals surface area contributed by atoms with Crippen LogP contribution in [0.1, 0.15) is 84.1 Å². The average Bonchev–Trinajstić information content (AvgIpc) is 3.58. The number of fused-ring (bicyclic) bond motifs is 2. The predicted molar refractivity (Wildman–Crippen MR) is 180 cm³/mol. The molecule has 8 aliphatic rings. The molecule has 262 valence electrons. The number of ketones is 1. The fourth-order valence-corrected chi connectivity index (χ4v) is 11.5. The molecule has 4 aliphatic heterocycles. The van der Waals surface area contributed by atoms with Gasteiger partial charge in [-0.05, 0) is 92.3 Å². The van der Waals surface area contributed by atoms with Gasteiger partial charge in [0.05, 0.1) is 48.6 Å². The molecule has 1 saturated heterocycles. The lowest BCUT2D eigenvalue weighted by Gasteiger charge is -2.61. The van der Waals surface area contributed by atoms with Crippen molar-refractivity contribution in [2.45, 2.75) is 114 Å². The third-order valence-electron chi connectivity index (χ3n) is 14.4. The first kappa shape index (κ1) is 34.4. The Morgan fingerprint density at radius 1 is 1.04 bits per heavy atom. The van der Waals surface area contributed by atoms with Crippen LogP contribution in [0.15, 0.2) is 42.0 Å². The maximum atomic E-state index is 14.2. The Bertz CT molecular complexity index is 1460. The van der Waals surface area contributed by atoms with Crippen LogP contribution in [0.3, 0.4) is 0 Å². The normalized spacial score (nSPS) is 45.8. The van der Waals surface area contributed by atoms with E-state index in [1.54, 1.807) is 6.92 Å². The van der Waals surface area contributed by atoms with Crippen molar-refractivity contribution in [2.75, 3.05) is 26.4 Å². The molecule has 14 unspecified atom stereocenters. The van der Waals surface area contributed by atoms with Crippen LogP contribution >= 0.6 is 0 Å². The molecule has 0 amide bonds. The molecule has 1 spiro atoms. The summed E-state index contributed by atoms with van der Waals surface area (Å²) in [4.78, 5) is 14.2. The molecule has 1 aromatic carbocycles. The second kappa shape index (κ2) is 12.6. The zero-order valence-corrected chi connectivity index (χ0v) is 28.9. The number of benzene rings is 1. The molecule has 6 bridgehead atoms. The van der Waals surface area contributed by atoms with Crippen molar-refractivity contribution in [3.8, 4) is 11.8 Å². The minimum Gasteiger partial charge on any atom is -0.396 e. The average molecular weight is 663 g/mol. The summed E-state index contributed by atoms with van der Waals surface area (Å²) in [5.74, 6) is 5.89. The summed E-state index contributed by atoms with van der Waals surface area (Å²) in [6, 6.07) is 10.2. The molecular weight excluding hydrogens is 608 g/mol. The molecule has 1 aromatic rings. The zero-order valence-electron chi connectivity index (χ0n) is 28.9. The van der Waals surface area contributed by atoms with E-state index in [0.717, 1.165) is 36.8 Å². The summed E-state index contributed by atoms with van der Waals surface area (Å²) in [6.07, 6.45) is 4.59. The Kier molecular flexibility index (Phi) is 9.02. The number of ether oxygens (including phenoxy) is 3. The molecule has 8 heteroatoms. The van der Waals surface area contributed by atoms with Crippen LogP contribution in [-0.4, -0.2) is 88.3 Å². The van der Waals surface area contributed by atoms with Gasteiger partial charge in [-0.1, -0.05) is 62.9 Å². The zero-order chi connectivity index (χ0) is 34.1. The lowest BCUT2D eigenvalue weighted by molar-refractivity contribution is -0.205. The molecule has 9 rings (SSSR count). The minimum atomic E-state index is -1.60. The predicted octanol–water partition coefficient (Wildman–Crippen LogP) is 4.19. The number of hydrogen-bond acceptors (Lipinski definition) is 8. The van der Waals surface area contributed by atoms with E-state index in [4.69, 9.17) is 14.2 Å². The van der Waals surface area contributed by atoms with Gasteiger partial charge in [0.15, 0.2) is 5.78 Å². The van der Waals surface area contributed by atoms with E-state index in [9.17, 15) is 25.2 Å². The lowest BCUT2D eigenvalue weighted by Crippen LogP contribution is -2.64. The molecule has 4 fully saturated rings. The Hall–Kier alpha value is -2.09. The Morgan fingerprint density at radius 3 is 2.54 bits per heavy atom. The number of rotatable bonds is 6. The summed E-state index contributed by atoms with van der Waals surface area (Å²) in [5, 5.41) is 44.6. The summed E-state index contributed by atoms with van der Waals surface area (Å²) >= 11 is 0. The van der Waals surface area contributed by atoms with Crippen LogP contribution < -0.4 is 0 Å². The van der Waals surface area contributed by atoms with E-state index in [0.29, 0.717) is 25.9 Å². The fourth-order valence-electron chi connectivity index (χ4n) is 11.5. The molecule has 8 nitrogen and oxygen atoms in total. The number of carbonyl (C=O) groups excluding carboxylic acids is 1. The number of hydrogen-bond donors (Lipinski definition) is 4.